The zero-order valence-corrected chi connectivity index (χ0v) is 18.4. The summed E-state index contributed by atoms with van der Waals surface area (Å²) in [6.07, 6.45) is 3.59. The van der Waals surface area contributed by atoms with Crippen LogP contribution in [-0.4, -0.2) is 66.8 Å². The minimum absolute atomic E-state index is 0.0386. The first-order valence-corrected chi connectivity index (χ1v) is 10.8. The monoisotopic (exact) mass is 424 g/mol. The summed E-state index contributed by atoms with van der Waals surface area (Å²) in [7, 11) is 0. The van der Waals surface area contributed by atoms with Crippen LogP contribution in [0.25, 0.3) is 0 Å². The molecule has 166 valence electrons. The second-order valence-corrected chi connectivity index (χ2v) is 8.83. The molecule has 0 aliphatic carbocycles. The molecule has 0 bridgehead atoms. The van der Waals surface area contributed by atoms with Crippen molar-refractivity contribution in [2.24, 2.45) is 16.1 Å². The highest BCUT2D eigenvalue weighted by molar-refractivity contribution is 5.93. The summed E-state index contributed by atoms with van der Waals surface area (Å²) in [5, 5.41) is 3.46. The van der Waals surface area contributed by atoms with Gasteiger partial charge < -0.3 is 25.4 Å². The Bertz CT molecular complexity index is 894. The molecule has 0 unspecified atom stereocenters. The van der Waals surface area contributed by atoms with E-state index < -0.39 is 0 Å². The minimum Gasteiger partial charge on any atom is -0.454 e. The smallest absolute Gasteiger partial charge is 0.231 e. The van der Waals surface area contributed by atoms with Crippen LogP contribution < -0.4 is 20.5 Å². The van der Waals surface area contributed by atoms with Crippen LogP contribution in [-0.2, 0) is 6.54 Å². The first kappa shape index (κ1) is 21.4. The van der Waals surface area contributed by atoms with E-state index in [1.54, 1.807) is 6.20 Å². The first-order chi connectivity index (χ1) is 15.0. The first-order valence-electron chi connectivity index (χ1n) is 10.8. The molecule has 8 heteroatoms. The van der Waals surface area contributed by atoms with Gasteiger partial charge in [0.1, 0.15) is 0 Å². The molecule has 0 spiro atoms. The van der Waals surface area contributed by atoms with E-state index in [2.05, 4.69) is 46.1 Å². The van der Waals surface area contributed by atoms with Crippen LogP contribution in [0.15, 0.2) is 47.7 Å². The number of aromatic nitrogens is 1. The highest BCUT2D eigenvalue weighted by Crippen LogP contribution is 2.32. The molecule has 1 aromatic heterocycles. The van der Waals surface area contributed by atoms with Crippen molar-refractivity contribution in [3.05, 3.63) is 48.3 Å². The van der Waals surface area contributed by atoms with Crippen molar-refractivity contribution in [2.75, 3.05) is 51.4 Å². The fraction of sp³-hybridized carbons (Fsp3) is 0.478. The summed E-state index contributed by atoms with van der Waals surface area (Å²) >= 11 is 0. The maximum Gasteiger partial charge on any atom is 0.231 e. The van der Waals surface area contributed by atoms with Crippen LogP contribution in [0.2, 0.25) is 0 Å². The lowest BCUT2D eigenvalue weighted by molar-refractivity contribution is 0.172. The number of guanidine groups is 1. The summed E-state index contributed by atoms with van der Waals surface area (Å²) in [6, 6.07) is 10.1. The van der Waals surface area contributed by atoms with Crippen molar-refractivity contribution in [1.29, 1.82) is 0 Å². The molecule has 0 saturated carbocycles. The van der Waals surface area contributed by atoms with Crippen LogP contribution >= 0.6 is 0 Å². The average molecular weight is 425 g/mol. The Morgan fingerprint density at radius 2 is 1.97 bits per heavy atom. The van der Waals surface area contributed by atoms with Crippen molar-refractivity contribution >= 4 is 11.6 Å². The molecule has 1 saturated heterocycles. The van der Waals surface area contributed by atoms with Gasteiger partial charge in [-0.05, 0) is 41.8 Å². The maximum absolute atomic E-state index is 5.91. The van der Waals surface area contributed by atoms with Gasteiger partial charge in [0, 0.05) is 45.5 Å². The van der Waals surface area contributed by atoms with Gasteiger partial charge in [0.25, 0.3) is 0 Å². The SMILES string of the molecule is CC(C)(CN)CN=C(Nc1cccnc1)N1CCN(Cc2ccc3c(c2)OCO3)CC1. The quantitative estimate of drug-likeness (QED) is 0.544. The Balaban J connectivity index is 1.38. The van der Waals surface area contributed by atoms with E-state index in [0.717, 1.165) is 55.9 Å². The summed E-state index contributed by atoms with van der Waals surface area (Å²) in [5.74, 6) is 2.56. The van der Waals surface area contributed by atoms with Crippen LogP contribution in [0.5, 0.6) is 11.5 Å². The van der Waals surface area contributed by atoms with E-state index in [4.69, 9.17) is 20.2 Å². The number of rotatable bonds is 6. The van der Waals surface area contributed by atoms with Crippen molar-refractivity contribution < 1.29 is 9.47 Å². The molecule has 4 rings (SSSR count). The molecule has 3 N–H and O–H groups in total. The Morgan fingerprint density at radius 1 is 1.16 bits per heavy atom. The summed E-state index contributed by atoms with van der Waals surface area (Å²) < 4.78 is 10.9. The molecule has 3 heterocycles. The van der Waals surface area contributed by atoms with Gasteiger partial charge in [0.15, 0.2) is 17.5 Å². The average Bonchev–Trinajstić information content (AvgIpc) is 3.26. The molecule has 2 aromatic rings. The van der Waals surface area contributed by atoms with Crippen molar-refractivity contribution in [1.82, 2.24) is 14.8 Å². The van der Waals surface area contributed by atoms with Gasteiger partial charge in [0.05, 0.1) is 11.9 Å². The number of nitrogens with one attached hydrogen (secondary N) is 1. The zero-order valence-electron chi connectivity index (χ0n) is 18.4. The van der Waals surface area contributed by atoms with Gasteiger partial charge in [-0.15, -0.1) is 0 Å². The fourth-order valence-electron chi connectivity index (χ4n) is 3.55. The van der Waals surface area contributed by atoms with Gasteiger partial charge in [-0.25, -0.2) is 0 Å². The largest absolute Gasteiger partial charge is 0.454 e. The predicted octanol–water partition coefficient (Wildman–Crippen LogP) is 2.38. The normalized spacial score (nSPS) is 17.1. The minimum atomic E-state index is -0.0386. The number of aliphatic imine (C=N–C) groups is 1. The predicted molar refractivity (Wildman–Crippen MR) is 122 cm³/mol. The van der Waals surface area contributed by atoms with Crippen molar-refractivity contribution in [2.45, 2.75) is 20.4 Å². The summed E-state index contributed by atoms with van der Waals surface area (Å²) in [5.41, 5.74) is 8.05. The molecule has 2 aliphatic heterocycles. The number of benzene rings is 1. The number of nitrogens with zero attached hydrogens (tertiary/aromatic N) is 4. The van der Waals surface area contributed by atoms with Crippen LogP contribution in [0, 0.1) is 5.41 Å². The maximum atomic E-state index is 5.91. The number of fused-ring (bicyclic) bond motifs is 1. The number of anilines is 1. The third-order valence-electron chi connectivity index (χ3n) is 5.64. The van der Waals surface area contributed by atoms with Gasteiger partial charge >= 0.3 is 0 Å². The zero-order chi connectivity index (χ0) is 21.7. The Morgan fingerprint density at radius 3 is 2.71 bits per heavy atom. The molecule has 0 amide bonds. The Kier molecular flexibility index (Phi) is 6.58. The molecule has 2 aliphatic rings. The van der Waals surface area contributed by atoms with Gasteiger partial charge in [-0.1, -0.05) is 19.9 Å². The van der Waals surface area contributed by atoms with E-state index in [-0.39, 0.29) is 5.41 Å². The molecule has 1 fully saturated rings. The van der Waals surface area contributed by atoms with Crippen molar-refractivity contribution in [3.8, 4) is 11.5 Å². The van der Waals surface area contributed by atoms with Crippen LogP contribution in [0.1, 0.15) is 19.4 Å². The highest BCUT2D eigenvalue weighted by atomic mass is 16.7. The molecule has 1 aromatic carbocycles. The van der Waals surface area contributed by atoms with E-state index in [1.165, 1.54) is 5.56 Å². The lowest BCUT2D eigenvalue weighted by Gasteiger charge is -2.37. The van der Waals surface area contributed by atoms with E-state index in [0.29, 0.717) is 19.9 Å². The highest BCUT2D eigenvalue weighted by Gasteiger charge is 2.23. The second kappa shape index (κ2) is 9.53. The van der Waals surface area contributed by atoms with E-state index in [1.807, 2.05) is 24.4 Å². The molecule has 0 atom stereocenters. The number of piperazine rings is 1. The summed E-state index contributed by atoms with van der Waals surface area (Å²) in [6.45, 7) is 10.5. The number of nitrogens with two attached hydrogens (primary N) is 1. The fourth-order valence-corrected chi connectivity index (χ4v) is 3.55. The second-order valence-electron chi connectivity index (χ2n) is 8.83. The Hall–Kier alpha value is -2.84. The third-order valence-corrected chi connectivity index (χ3v) is 5.64. The number of hydrogen-bond acceptors (Lipinski definition) is 6. The molecular formula is C23H32N6O2. The third kappa shape index (κ3) is 5.65. The number of hydrogen-bond donors (Lipinski definition) is 2. The standard InChI is InChI=1S/C23H32N6O2/c1-23(2,15-24)16-26-22(27-19-4-3-7-25-13-19)29-10-8-28(9-11-29)14-18-5-6-20-21(12-18)31-17-30-20/h3-7,12-13H,8-11,14-17,24H2,1-2H3,(H,26,27). The molecular weight excluding hydrogens is 392 g/mol. The molecule has 0 radical (unpaired) electrons. The van der Waals surface area contributed by atoms with Crippen LogP contribution in [0.3, 0.4) is 0 Å². The topological polar surface area (TPSA) is 88.2 Å². The molecule has 31 heavy (non-hydrogen) atoms. The van der Waals surface area contributed by atoms with Gasteiger partial charge in [0.2, 0.25) is 6.79 Å². The lowest BCUT2D eigenvalue weighted by atomic mass is 9.94. The van der Waals surface area contributed by atoms with Gasteiger partial charge in [-0.3, -0.25) is 14.9 Å². The van der Waals surface area contributed by atoms with Gasteiger partial charge in [-0.2, -0.15) is 0 Å². The number of pyridine rings is 1. The number of ether oxygens (including phenoxy) is 2. The molecule has 8 nitrogen and oxygen atoms in total. The van der Waals surface area contributed by atoms with Crippen LogP contribution in [0.4, 0.5) is 5.69 Å². The van der Waals surface area contributed by atoms with Crippen molar-refractivity contribution in [3.63, 3.8) is 0 Å². The lowest BCUT2D eigenvalue weighted by Crippen LogP contribution is -2.50. The summed E-state index contributed by atoms with van der Waals surface area (Å²) in [4.78, 5) is 13.9. The Labute approximate surface area is 184 Å². The van der Waals surface area contributed by atoms with E-state index in [9.17, 15) is 0 Å². The van der Waals surface area contributed by atoms with E-state index >= 15 is 0 Å².